The molecule has 3 N–H and O–H groups in total. The first-order valence-corrected chi connectivity index (χ1v) is 7.97. The van der Waals surface area contributed by atoms with Crippen molar-refractivity contribution >= 4 is 23.3 Å². The third-order valence-electron chi connectivity index (χ3n) is 3.86. The van der Waals surface area contributed by atoms with E-state index in [1.807, 2.05) is 19.2 Å². The number of urea groups is 1. The second-order valence-electron chi connectivity index (χ2n) is 5.99. The Morgan fingerprint density at radius 1 is 1.33 bits per heavy atom. The molecule has 1 heterocycles. The summed E-state index contributed by atoms with van der Waals surface area (Å²) in [6.07, 6.45) is 5.30. The van der Waals surface area contributed by atoms with Gasteiger partial charge in [-0.1, -0.05) is 19.3 Å². The number of nitrogens with zero attached hydrogens (tertiary/aromatic N) is 1. The van der Waals surface area contributed by atoms with Gasteiger partial charge in [-0.25, -0.2) is 14.6 Å². The zero-order valence-corrected chi connectivity index (χ0v) is 13.1. The minimum absolute atomic E-state index is 0.459. The van der Waals surface area contributed by atoms with Crippen LogP contribution in [0.3, 0.4) is 0 Å². The number of hydrogen-bond donors (Lipinski definition) is 3. The molecule has 0 radical (unpaired) electrons. The van der Waals surface area contributed by atoms with Crippen molar-refractivity contribution in [3.8, 4) is 0 Å². The first kappa shape index (κ1) is 15.8. The molecule has 0 unspecified atom stereocenters. The fourth-order valence-electron chi connectivity index (χ4n) is 2.67. The third kappa shape index (κ3) is 3.53. The largest absolute Gasteiger partial charge is 0.480 e. The zero-order chi connectivity index (χ0) is 15.5. The molecule has 116 valence electrons. The van der Waals surface area contributed by atoms with Crippen molar-refractivity contribution in [1.29, 1.82) is 0 Å². The number of carbonyl (C=O) groups is 2. The molecule has 0 saturated heterocycles. The standard InChI is InChI=1S/C14H21N3O3S/c1-13(2,10-15-8-9-21-10)16-12(20)17-14(11(18)19)6-4-3-5-7-14/h8-9H,3-7H2,1-2H3,(H,18,19)(H2,16,17,20). The highest BCUT2D eigenvalue weighted by molar-refractivity contribution is 7.09. The van der Waals surface area contributed by atoms with Crippen LogP contribution in [0.1, 0.15) is 51.0 Å². The van der Waals surface area contributed by atoms with Gasteiger partial charge in [-0.05, 0) is 26.7 Å². The average molecular weight is 311 g/mol. The van der Waals surface area contributed by atoms with Gasteiger partial charge in [0.2, 0.25) is 0 Å². The lowest BCUT2D eigenvalue weighted by atomic mass is 9.82. The van der Waals surface area contributed by atoms with Crippen LogP contribution in [0, 0.1) is 0 Å². The van der Waals surface area contributed by atoms with Crippen molar-refractivity contribution in [2.24, 2.45) is 0 Å². The summed E-state index contributed by atoms with van der Waals surface area (Å²) in [6, 6.07) is -0.459. The number of rotatable bonds is 4. The van der Waals surface area contributed by atoms with Gasteiger partial charge in [-0.15, -0.1) is 11.3 Å². The number of aliphatic carboxylic acids is 1. The first-order chi connectivity index (χ1) is 9.86. The van der Waals surface area contributed by atoms with E-state index in [1.165, 1.54) is 11.3 Å². The van der Waals surface area contributed by atoms with Gasteiger partial charge in [-0.2, -0.15) is 0 Å². The third-order valence-corrected chi connectivity index (χ3v) is 4.96. The van der Waals surface area contributed by atoms with Gasteiger partial charge < -0.3 is 15.7 Å². The first-order valence-electron chi connectivity index (χ1n) is 7.09. The van der Waals surface area contributed by atoms with E-state index in [2.05, 4.69) is 15.6 Å². The Labute approximate surface area is 128 Å². The van der Waals surface area contributed by atoms with Gasteiger partial charge >= 0.3 is 12.0 Å². The number of carboxylic acid groups (broad SMARTS) is 1. The molecule has 0 aliphatic heterocycles. The smallest absolute Gasteiger partial charge is 0.329 e. The lowest BCUT2D eigenvalue weighted by molar-refractivity contribution is -0.145. The summed E-state index contributed by atoms with van der Waals surface area (Å²) in [4.78, 5) is 28.0. The fourth-order valence-corrected chi connectivity index (χ4v) is 3.38. The average Bonchev–Trinajstić information content (AvgIpc) is 2.93. The predicted octanol–water partition coefficient (Wildman–Crippen LogP) is 2.46. The molecule has 0 atom stereocenters. The second-order valence-corrected chi connectivity index (χ2v) is 6.88. The normalized spacial score (nSPS) is 18.0. The van der Waals surface area contributed by atoms with Crippen molar-refractivity contribution in [3.63, 3.8) is 0 Å². The Balaban J connectivity index is 2.04. The molecule has 1 fully saturated rings. The van der Waals surface area contributed by atoms with E-state index < -0.39 is 23.1 Å². The SMILES string of the molecule is CC(C)(NC(=O)NC1(C(=O)O)CCCCC1)c1nccs1. The van der Waals surface area contributed by atoms with E-state index in [4.69, 9.17) is 0 Å². The van der Waals surface area contributed by atoms with Gasteiger partial charge in [0.15, 0.2) is 0 Å². The topological polar surface area (TPSA) is 91.3 Å². The molecule has 1 aliphatic carbocycles. The zero-order valence-electron chi connectivity index (χ0n) is 12.3. The Morgan fingerprint density at radius 3 is 2.52 bits per heavy atom. The summed E-state index contributed by atoms with van der Waals surface area (Å²) in [6.45, 7) is 3.69. The Kier molecular flexibility index (Phi) is 4.51. The van der Waals surface area contributed by atoms with Crippen molar-refractivity contribution in [2.75, 3.05) is 0 Å². The predicted molar refractivity (Wildman–Crippen MR) is 80.3 cm³/mol. The monoisotopic (exact) mass is 311 g/mol. The maximum atomic E-state index is 12.2. The molecule has 0 bridgehead atoms. The summed E-state index contributed by atoms with van der Waals surface area (Å²) < 4.78 is 0. The summed E-state index contributed by atoms with van der Waals surface area (Å²) >= 11 is 1.45. The van der Waals surface area contributed by atoms with Crippen LogP contribution in [0.4, 0.5) is 4.79 Å². The van der Waals surface area contributed by atoms with Gasteiger partial charge in [0.25, 0.3) is 0 Å². The maximum absolute atomic E-state index is 12.2. The molecular formula is C14H21N3O3S. The fraction of sp³-hybridized carbons (Fsp3) is 0.643. The van der Waals surface area contributed by atoms with Gasteiger partial charge in [0, 0.05) is 11.6 Å². The van der Waals surface area contributed by atoms with Crippen LogP contribution in [0.2, 0.25) is 0 Å². The number of carbonyl (C=O) groups excluding carboxylic acids is 1. The number of carboxylic acids is 1. The molecule has 0 aromatic carbocycles. The molecule has 1 aromatic heterocycles. The van der Waals surface area contributed by atoms with Crippen molar-refractivity contribution < 1.29 is 14.7 Å². The molecule has 1 aliphatic rings. The molecule has 2 rings (SSSR count). The molecule has 1 saturated carbocycles. The van der Waals surface area contributed by atoms with E-state index in [9.17, 15) is 14.7 Å². The minimum Gasteiger partial charge on any atom is -0.480 e. The summed E-state index contributed by atoms with van der Waals surface area (Å²) in [5, 5.41) is 17.6. The molecular weight excluding hydrogens is 290 g/mol. The number of nitrogens with one attached hydrogen (secondary N) is 2. The van der Waals surface area contributed by atoms with E-state index in [1.54, 1.807) is 6.20 Å². The van der Waals surface area contributed by atoms with Gasteiger partial charge in [-0.3, -0.25) is 0 Å². The Hall–Kier alpha value is -1.63. The second kappa shape index (κ2) is 6.01. The van der Waals surface area contributed by atoms with Crippen LogP contribution in [-0.4, -0.2) is 27.6 Å². The van der Waals surface area contributed by atoms with E-state index in [-0.39, 0.29) is 0 Å². The van der Waals surface area contributed by atoms with Gasteiger partial charge in [0.1, 0.15) is 10.5 Å². The molecule has 21 heavy (non-hydrogen) atoms. The number of hydrogen-bond acceptors (Lipinski definition) is 4. The van der Waals surface area contributed by atoms with Crippen LogP contribution >= 0.6 is 11.3 Å². The summed E-state index contributed by atoms with van der Waals surface area (Å²) in [5.74, 6) is -0.954. The molecule has 1 aromatic rings. The molecule has 2 amide bonds. The number of amides is 2. The minimum atomic E-state index is -1.14. The van der Waals surface area contributed by atoms with Crippen LogP contribution < -0.4 is 10.6 Å². The Bertz CT molecular complexity index is 508. The number of aromatic nitrogens is 1. The highest BCUT2D eigenvalue weighted by Crippen LogP contribution is 2.29. The quantitative estimate of drug-likeness (QED) is 0.796. The van der Waals surface area contributed by atoms with E-state index in [0.717, 1.165) is 24.3 Å². The van der Waals surface area contributed by atoms with Crippen molar-refractivity contribution in [2.45, 2.75) is 57.0 Å². The summed E-state index contributed by atoms with van der Waals surface area (Å²) in [7, 11) is 0. The highest BCUT2D eigenvalue weighted by Gasteiger charge is 2.41. The van der Waals surface area contributed by atoms with Gasteiger partial charge in [0.05, 0.1) is 5.54 Å². The van der Waals surface area contributed by atoms with E-state index in [0.29, 0.717) is 12.8 Å². The van der Waals surface area contributed by atoms with Crippen LogP contribution in [0.15, 0.2) is 11.6 Å². The van der Waals surface area contributed by atoms with Crippen molar-refractivity contribution in [3.05, 3.63) is 16.6 Å². The lowest BCUT2D eigenvalue weighted by Crippen LogP contribution is -2.60. The number of thiazole rings is 1. The van der Waals surface area contributed by atoms with Crippen LogP contribution in [0.25, 0.3) is 0 Å². The Morgan fingerprint density at radius 2 is 2.00 bits per heavy atom. The maximum Gasteiger partial charge on any atom is 0.329 e. The molecule has 6 nitrogen and oxygen atoms in total. The highest BCUT2D eigenvalue weighted by atomic mass is 32.1. The van der Waals surface area contributed by atoms with Crippen LogP contribution in [-0.2, 0) is 10.3 Å². The van der Waals surface area contributed by atoms with Crippen molar-refractivity contribution in [1.82, 2.24) is 15.6 Å². The lowest BCUT2D eigenvalue weighted by Gasteiger charge is -2.35. The molecule has 0 spiro atoms. The molecule has 7 heteroatoms. The van der Waals surface area contributed by atoms with E-state index >= 15 is 0 Å². The van der Waals surface area contributed by atoms with Crippen LogP contribution in [0.5, 0.6) is 0 Å². The summed E-state index contributed by atoms with van der Waals surface area (Å²) in [5.41, 5.74) is -1.77.